The van der Waals surface area contributed by atoms with E-state index in [9.17, 15) is 22.8 Å². The van der Waals surface area contributed by atoms with E-state index in [2.05, 4.69) is 46.1 Å². The minimum Gasteiger partial charge on any atom is -0.485 e. The second-order valence-corrected chi connectivity index (χ2v) is 18.7. The van der Waals surface area contributed by atoms with E-state index in [1.807, 2.05) is 32.0 Å². The van der Waals surface area contributed by atoms with Crippen molar-refractivity contribution in [2.75, 3.05) is 36.9 Å². The third-order valence-electron chi connectivity index (χ3n) is 12.0. The number of halogens is 1. The second-order valence-electron chi connectivity index (χ2n) is 16.7. The number of hydrogen-bond acceptors (Lipinski definition) is 13. The van der Waals surface area contributed by atoms with E-state index in [4.69, 9.17) is 4.74 Å². The summed E-state index contributed by atoms with van der Waals surface area (Å²) in [5.41, 5.74) is 3.63. The van der Waals surface area contributed by atoms with Crippen LogP contribution in [0.4, 0.5) is 21.7 Å². The van der Waals surface area contributed by atoms with Crippen molar-refractivity contribution in [1.29, 1.82) is 0 Å². The molecule has 326 valence electrons. The van der Waals surface area contributed by atoms with Gasteiger partial charge in [-0.3, -0.25) is 29.1 Å². The molecule has 19 nitrogen and oxygen atoms in total. The highest BCUT2D eigenvalue weighted by Gasteiger charge is 2.36. The molecule has 3 aliphatic rings. The maximum absolute atomic E-state index is 15.5. The number of hydrogen-bond donors (Lipinski definition) is 4. The molecule has 3 fully saturated rings. The first kappa shape index (κ1) is 41.2. The molecular weight excluding hydrogens is 822 g/mol. The summed E-state index contributed by atoms with van der Waals surface area (Å²) in [5.74, 6) is -0.705. The van der Waals surface area contributed by atoms with E-state index in [0.29, 0.717) is 40.5 Å². The molecule has 3 saturated heterocycles. The highest BCUT2D eigenvalue weighted by atomic mass is 32.2. The molecule has 4 N–H and O–H groups in total. The van der Waals surface area contributed by atoms with Gasteiger partial charge >= 0.3 is 5.69 Å². The molecule has 6 aromatic rings. The summed E-state index contributed by atoms with van der Waals surface area (Å²) in [7, 11) is -0.766. The van der Waals surface area contributed by atoms with Crippen LogP contribution in [-0.4, -0.2) is 108 Å². The Hall–Kier alpha value is -6.19. The van der Waals surface area contributed by atoms with Crippen LogP contribution in [0.1, 0.15) is 58.4 Å². The fourth-order valence-electron chi connectivity index (χ4n) is 9.06. The lowest BCUT2D eigenvalue weighted by molar-refractivity contribution is -0.135. The molecule has 4 aromatic heterocycles. The minimum atomic E-state index is -3.98. The van der Waals surface area contributed by atoms with Gasteiger partial charge in [0.25, 0.3) is 0 Å². The normalized spacial score (nSPS) is 20.7. The molecular formula is C41H48FN13O6S. The van der Waals surface area contributed by atoms with Crippen LogP contribution in [0, 0.1) is 11.7 Å². The van der Waals surface area contributed by atoms with Crippen LogP contribution in [0.5, 0.6) is 5.75 Å². The molecule has 21 heteroatoms. The molecule has 3 atom stereocenters. The van der Waals surface area contributed by atoms with Crippen LogP contribution in [0.15, 0.2) is 64.8 Å². The number of imide groups is 1. The number of nitrogens with one attached hydrogen (secondary N) is 4. The van der Waals surface area contributed by atoms with Gasteiger partial charge in [-0.25, -0.2) is 26.9 Å². The number of rotatable bonds is 13. The first-order valence-electron chi connectivity index (χ1n) is 20.7. The van der Waals surface area contributed by atoms with Crippen molar-refractivity contribution in [3.8, 4) is 17.0 Å². The number of ether oxygens (including phenoxy) is 1. The van der Waals surface area contributed by atoms with Gasteiger partial charge in [-0.05, 0) is 88.3 Å². The van der Waals surface area contributed by atoms with Crippen molar-refractivity contribution in [3.05, 3.63) is 71.4 Å². The molecule has 0 aliphatic carbocycles. The SMILES string of the molecule is CC(C)Oc1c(-c2cn[nH]c2)ncn2nc(Nc3ccc(S(=O)(=O)N(C)CCCC4CC5CN(c6ccc7c(c6)n(C)c(=O)n7C6CCC(=O)NC6=O)CC(C4)N5)cc3F)nc12. The molecule has 62 heavy (non-hydrogen) atoms. The number of anilines is 3. The molecule has 3 unspecified atom stereocenters. The van der Waals surface area contributed by atoms with Gasteiger partial charge in [0.05, 0.1) is 33.9 Å². The summed E-state index contributed by atoms with van der Waals surface area (Å²) >= 11 is 0. The largest absolute Gasteiger partial charge is 0.485 e. The second kappa shape index (κ2) is 16.3. The summed E-state index contributed by atoms with van der Waals surface area (Å²) in [5, 5.41) is 20.1. The predicted molar refractivity (Wildman–Crippen MR) is 227 cm³/mol. The van der Waals surface area contributed by atoms with Gasteiger partial charge < -0.3 is 20.3 Å². The van der Waals surface area contributed by atoms with Crippen molar-refractivity contribution in [2.24, 2.45) is 13.0 Å². The van der Waals surface area contributed by atoms with Crippen molar-refractivity contribution in [2.45, 2.75) is 81.5 Å². The van der Waals surface area contributed by atoms with Crippen LogP contribution < -0.4 is 31.3 Å². The topological polar surface area (TPSA) is 219 Å². The first-order chi connectivity index (χ1) is 29.7. The van der Waals surface area contributed by atoms with Gasteiger partial charge in [-0.2, -0.15) is 14.6 Å². The van der Waals surface area contributed by atoms with Crippen LogP contribution in [0.2, 0.25) is 0 Å². The molecule has 2 amide bonds. The fraction of sp³-hybridized carbons (Fsp3) is 0.439. The zero-order valence-electron chi connectivity index (χ0n) is 34.7. The third kappa shape index (κ3) is 7.79. The number of piperazine rings is 1. The van der Waals surface area contributed by atoms with Crippen molar-refractivity contribution in [3.63, 3.8) is 0 Å². The summed E-state index contributed by atoms with van der Waals surface area (Å²) in [6.07, 6.45) is 8.41. The molecule has 0 spiro atoms. The van der Waals surface area contributed by atoms with Crippen LogP contribution in [0.25, 0.3) is 27.9 Å². The van der Waals surface area contributed by atoms with E-state index in [1.54, 1.807) is 24.0 Å². The van der Waals surface area contributed by atoms with Crippen LogP contribution in [0.3, 0.4) is 0 Å². The Kier molecular flexibility index (Phi) is 10.8. The number of sulfonamides is 1. The van der Waals surface area contributed by atoms with Crippen molar-refractivity contribution in [1.82, 2.24) is 53.9 Å². The summed E-state index contributed by atoms with van der Waals surface area (Å²) in [6.45, 7) is 5.58. The maximum Gasteiger partial charge on any atom is 0.329 e. The number of benzene rings is 2. The van der Waals surface area contributed by atoms with Gasteiger partial charge in [0.1, 0.15) is 23.9 Å². The summed E-state index contributed by atoms with van der Waals surface area (Å²) in [4.78, 5) is 48.8. The number of carbonyl (C=O) groups excluding carboxylic acids is 2. The molecule has 2 bridgehead atoms. The third-order valence-corrected chi connectivity index (χ3v) is 13.9. The van der Waals surface area contributed by atoms with Crippen LogP contribution in [-0.2, 0) is 26.7 Å². The molecule has 0 radical (unpaired) electrons. The number of H-pyrrole nitrogens is 1. The van der Waals surface area contributed by atoms with Gasteiger partial charge in [-0.1, -0.05) is 0 Å². The predicted octanol–water partition coefficient (Wildman–Crippen LogP) is 3.47. The van der Waals surface area contributed by atoms with E-state index >= 15 is 4.39 Å². The lowest BCUT2D eigenvalue weighted by Gasteiger charge is -2.46. The van der Waals surface area contributed by atoms with Gasteiger partial charge in [-0.15, -0.1) is 5.10 Å². The minimum absolute atomic E-state index is 0.00177. The number of imidazole rings is 1. The zero-order valence-corrected chi connectivity index (χ0v) is 35.5. The van der Waals surface area contributed by atoms with Crippen LogP contribution >= 0.6 is 0 Å². The molecule has 0 saturated carbocycles. The Labute approximate surface area is 355 Å². The number of carbonyl (C=O) groups is 2. The highest BCUT2D eigenvalue weighted by molar-refractivity contribution is 7.89. The van der Waals surface area contributed by atoms with E-state index < -0.39 is 27.8 Å². The van der Waals surface area contributed by atoms with Gasteiger partial charge in [0.2, 0.25) is 33.4 Å². The molecule has 2 aromatic carbocycles. The average Bonchev–Trinajstić information content (AvgIpc) is 3.97. The number of amides is 2. The molecule has 9 rings (SSSR count). The Morgan fingerprint density at radius 2 is 1.85 bits per heavy atom. The number of aryl methyl sites for hydroxylation is 1. The van der Waals surface area contributed by atoms with E-state index in [-0.39, 0.29) is 65.7 Å². The standard InChI is InChI=1S/C41H48FN13O6S/c1-23(2)61-37-36(25-18-44-45-19-25)43-22-54-38(37)49-40(50-54)47-31-9-8-29(17-30(31)42)62(59,60)51(3)13-5-6-24-14-26-20-53(21-27(15-24)46-26)28-7-10-32-34(16-28)52(4)41(58)55(32)33-11-12-35(56)48-39(33)57/h7-10,16-19,22-24,26-27,33,46H,5-6,11-15,20-21H2,1-4H3,(H,44,45)(H,47,50)(H,48,56,57). The first-order valence-corrected chi connectivity index (χ1v) is 22.2. The lowest BCUT2D eigenvalue weighted by Crippen LogP contribution is -2.60. The quantitative estimate of drug-likeness (QED) is 0.122. The fourth-order valence-corrected chi connectivity index (χ4v) is 10.3. The van der Waals surface area contributed by atoms with E-state index in [0.717, 1.165) is 49.6 Å². The number of aromatic amines is 1. The monoisotopic (exact) mass is 869 g/mol. The number of piperidine rings is 2. The van der Waals surface area contributed by atoms with Gasteiger partial charge in [0, 0.05) is 69.7 Å². The Balaban J connectivity index is 0.802. The number of fused-ring (bicyclic) bond motifs is 4. The smallest absolute Gasteiger partial charge is 0.329 e. The van der Waals surface area contributed by atoms with Gasteiger partial charge in [0.15, 0.2) is 5.75 Å². The maximum atomic E-state index is 15.5. The number of aromatic nitrogens is 8. The van der Waals surface area contributed by atoms with E-state index in [1.165, 1.54) is 38.9 Å². The Morgan fingerprint density at radius 1 is 1.06 bits per heavy atom. The van der Waals surface area contributed by atoms with Crippen molar-refractivity contribution < 1.29 is 27.1 Å². The Morgan fingerprint density at radius 3 is 2.56 bits per heavy atom. The highest BCUT2D eigenvalue weighted by Crippen LogP contribution is 2.35. The molecule has 7 heterocycles. The zero-order chi connectivity index (χ0) is 43.4. The molecule has 3 aliphatic heterocycles. The summed E-state index contributed by atoms with van der Waals surface area (Å²) < 4.78 is 54.5. The lowest BCUT2D eigenvalue weighted by atomic mass is 9.82. The Bertz CT molecular complexity index is 2840. The summed E-state index contributed by atoms with van der Waals surface area (Å²) in [6, 6.07) is 9.33. The average molecular weight is 870 g/mol. The van der Waals surface area contributed by atoms with Crippen molar-refractivity contribution >= 4 is 55.8 Å². The number of nitrogens with zero attached hydrogens (tertiary/aromatic N) is 9.